The second kappa shape index (κ2) is 6.37. The molecule has 106 valence electrons. The molecule has 0 radical (unpaired) electrons. The Morgan fingerprint density at radius 3 is 2.52 bits per heavy atom. The maximum atomic E-state index is 5.93. The highest BCUT2D eigenvalue weighted by atomic mass is 16.5. The molecule has 2 aromatic rings. The van der Waals surface area contributed by atoms with Gasteiger partial charge in [0.15, 0.2) is 11.5 Å². The van der Waals surface area contributed by atoms with E-state index in [9.17, 15) is 0 Å². The summed E-state index contributed by atoms with van der Waals surface area (Å²) < 4.78 is 11.8. The Balaban J connectivity index is 1.75. The van der Waals surface area contributed by atoms with E-state index in [-0.39, 0.29) is 0 Å². The van der Waals surface area contributed by atoms with E-state index in [0.717, 1.165) is 23.5 Å². The third-order valence-electron chi connectivity index (χ3n) is 3.53. The summed E-state index contributed by atoms with van der Waals surface area (Å²) in [6.45, 7) is 1.23. The van der Waals surface area contributed by atoms with Gasteiger partial charge in [-0.15, -0.1) is 6.42 Å². The highest BCUT2D eigenvalue weighted by molar-refractivity contribution is 5.53. The molecule has 3 rings (SSSR count). The number of hydrogen-bond acceptors (Lipinski definition) is 2. The minimum Gasteiger partial charge on any atom is -0.489 e. The molecule has 2 aromatic carbocycles. The Morgan fingerprint density at radius 1 is 1.00 bits per heavy atom. The fourth-order valence-corrected chi connectivity index (χ4v) is 2.11. The summed E-state index contributed by atoms with van der Waals surface area (Å²) in [7, 11) is 0. The predicted octanol–water partition coefficient (Wildman–Crippen LogP) is 4.04. The van der Waals surface area contributed by atoms with Crippen molar-refractivity contribution in [1.82, 2.24) is 0 Å². The molecule has 1 aliphatic rings. The van der Waals surface area contributed by atoms with Gasteiger partial charge < -0.3 is 9.47 Å². The summed E-state index contributed by atoms with van der Waals surface area (Å²) in [5.41, 5.74) is 1.84. The largest absolute Gasteiger partial charge is 0.489 e. The van der Waals surface area contributed by atoms with Gasteiger partial charge in [-0.05, 0) is 36.5 Å². The van der Waals surface area contributed by atoms with Gasteiger partial charge in [-0.2, -0.15) is 0 Å². The zero-order valence-electron chi connectivity index (χ0n) is 11.9. The molecule has 0 aromatic heterocycles. The van der Waals surface area contributed by atoms with E-state index in [4.69, 9.17) is 15.9 Å². The third kappa shape index (κ3) is 3.58. The zero-order valence-corrected chi connectivity index (χ0v) is 11.9. The van der Waals surface area contributed by atoms with Crippen molar-refractivity contribution < 1.29 is 9.47 Å². The van der Waals surface area contributed by atoms with Gasteiger partial charge in [-0.25, -0.2) is 0 Å². The van der Waals surface area contributed by atoms with Gasteiger partial charge >= 0.3 is 0 Å². The van der Waals surface area contributed by atoms with E-state index in [1.54, 1.807) is 0 Å². The third-order valence-corrected chi connectivity index (χ3v) is 3.53. The van der Waals surface area contributed by atoms with Crippen LogP contribution in [0.3, 0.4) is 0 Å². The highest BCUT2D eigenvalue weighted by Gasteiger charge is 2.23. The van der Waals surface area contributed by atoms with E-state index < -0.39 is 0 Å². The normalized spacial score (nSPS) is 13.5. The van der Waals surface area contributed by atoms with Gasteiger partial charge in [-0.3, -0.25) is 0 Å². The summed E-state index contributed by atoms with van der Waals surface area (Å²) in [4.78, 5) is 0. The molecule has 0 amide bonds. The van der Waals surface area contributed by atoms with E-state index in [1.165, 1.54) is 12.8 Å². The number of hydrogen-bond donors (Lipinski definition) is 0. The average molecular weight is 278 g/mol. The van der Waals surface area contributed by atoms with Crippen molar-refractivity contribution in [3.63, 3.8) is 0 Å². The molecule has 2 heteroatoms. The van der Waals surface area contributed by atoms with Crippen LogP contribution in [0, 0.1) is 18.3 Å². The first kappa shape index (κ1) is 13.6. The van der Waals surface area contributed by atoms with Crippen LogP contribution in [0.4, 0.5) is 0 Å². The lowest BCUT2D eigenvalue weighted by Gasteiger charge is -2.14. The lowest BCUT2D eigenvalue weighted by atomic mass is 10.2. The van der Waals surface area contributed by atoms with Crippen molar-refractivity contribution in [2.24, 2.45) is 5.92 Å². The Morgan fingerprint density at radius 2 is 1.81 bits per heavy atom. The number of para-hydroxylation sites is 1. The molecule has 1 fully saturated rings. The lowest BCUT2D eigenvalue weighted by molar-refractivity contribution is 0.254. The molecular formula is C19H18O2. The van der Waals surface area contributed by atoms with Crippen molar-refractivity contribution in [3.8, 4) is 23.8 Å². The minimum absolute atomic E-state index is 0.485. The van der Waals surface area contributed by atoms with Crippen LogP contribution in [0.25, 0.3) is 0 Å². The summed E-state index contributed by atoms with van der Waals surface area (Å²) >= 11 is 0. The Kier molecular flexibility index (Phi) is 4.12. The Labute approximate surface area is 125 Å². The van der Waals surface area contributed by atoms with Gasteiger partial charge in [-0.1, -0.05) is 42.3 Å². The minimum atomic E-state index is 0.485. The van der Waals surface area contributed by atoms with Gasteiger partial charge in [0.05, 0.1) is 12.2 Å². The predicted molar refractivity (Wildman–Crippen MR) is 83.4 cm³/mol. The van der Waals surface area contributed by atoms with E-state index in [1.807, 2.05) is 48.5 Å². The second-order valence-corrected chi connectivity index (χ2v) is 5.31. The van der Waals surface area contributed by atoms with E-state index in [2.05, 4.69) is 5.92 Å². The summed E-state index contributed by atoms with van der Waals surface area (Å²) in [5, 5.41) is 0. The molecule has 0 bridgehead atoms. The summed E-state index contributed by atoms with van der Waals surface area (Å²) in [6.07, 6.45) is 8.09. The smallest absolute Gasteiger partial charge is 0.177 e. The zero-order chi connectivity index (χ0) is 14.5. The van der Waals surface area contributed by atoms with Gasteiger partial charge in [0.2, 0.25) is 0 Å². The van der Waals surface area contributed by atoms with Crippen molar-refractivity contribution >= 4 is 0 Å². The number of ether oxygens (including phenoxy) is 2. The first-order valence-corrected chi connectivity index (χ1v) is 7.26. The van der Waals surface area contributed by atoms with Crippen molar-refractivity contribution in [2.75, 3.05) is 6.61 Å². The number of rotatable bonds is 6. The van der Waals surface area contributed by atoms with Crippen molar-refractivity contribution in [1.29, 1.82) is 0 Å². The van der Waals surface area contributed by atoms with Crippen LogP contribution < -0.4 is 9.47 Å². The molecule has 2 nitrogen and oxygen atoms in total. The van der Waals surface area contributed by atoms with Gasteiger partial charge in [0.1, 0.15) is 6.61 Å². The molecule has 0 saturated heterocycles. The van der Waals surface area contributed by atoms with Crippen LogP contribution in [-0.2, 0) is 6.61 Å². The van der Waals surface area contributed by atoms with Gasteiger partial charge in [0, 0.05) is 0 Å². The Hall–Kier alpha value is -2.40. The molecule has 1 aliphatic carbocycles. The fraction of sp³-hybridized carbons (Fsp3) is 0.263. The molecular weight excluding hydrogens is 260 g/mol. The Bertz CT molecular complexity index is 636. The van der Waals surface area contributed by atoms with Crippen LogP contribution in [0.15, 0.2) is 48.5 Å². The maximum absolute atomic E-state index is 5.93. The molecule has 0 unspecified atom stereocenters. The second-order valence-electron chi connectivity index (χ2n) is 5.31. The van der Waals surface area contributed by atoms with Crippen LogP contribution in [0.1, 0.15) is 24.0 Å². The first-order chi connectivity index (χ1) is 10.4. The van der Waals surface area contributed by atoms with Crippen molar-refractivity contribution in [3.05, 3.63) is 59.7 Å². The molecule has 0 heterocycles. The van der Waals surface area contributed by atoms with Crippen LogP contribution in [0.2, 0.25) is 0 Å². The highest BCUT2D eigenvalue weighted by Crippen LogP contribution is 2.35. The molecule has 0 spiro atoms. The van der Waals surface area contributed by atoms with E-state index >= 15 is 0 Å². The first-order valence-electron chi connectivity index (χ1n) is 7.26. The van der Waals surface area contributed by atoms with Crippen molar-refractivity contribution in [2.45, 2.75) is 19.4 Å². The van der Waals surface area contributed by atoms with Gasteiger partial charge in [0.25, 0.3) is 0 Å². The SMILES string of the molecule is C#Cc1cccc(OCC2CC2)c1OCc1ccccc1. The molecule has 0 aliphatic heterocycles. The van der Waals surface area contributed by atoms with Crippen LogP contribution in [0.5, 0.6) is 11.5 Å². The average Bonchev–Trinajstić information content (AvgIpc) is 3.36. The fourth-order valence-electron chi connectivity index (χ4n) is 2.11. The van der Waals surface area contributed by atoms with Crippen LogP contribution >= 0.6 is 0 Å². The summed E-state index contributed by atoms with van der Waals surface area (Å²) in [5.74, 6) is 4.78. The molecule has 21 heavy (non-hydrogen) atoms. The lowest BCUT2D eigenvalue weighted by Crippen LogP contribution is -2.04. The van der Waals surface area contributed by atoms with Crippen LogP contribution in [-0.4, -0.2) is 6.61 Å². The monoisotopic (exact) mass is 278 g/mol. The topological polar surface area (TPSA) is 18.5 Å². The quantitative estimate of drug-likeness (QED) is 0.743. The number of benzene rings is 2. The molecule has 1 saturated carbocycles. The maximum Gasteiger partial charge on any atom is 0.177 e. The standard InChI is InChI=1S/C19H18O2/c1-2-17-9-6-10-18(20-13-16-11-12-16)19(17)21-14-15-7-4-3-5-8-15/h1,3-10,16H,11-14H2. The summed E-state index contributed by atoms with van der Waals surface area (Å²) in [6, 6.07) is 15.8. The molecule has 0 N–H and O–H groups in total. The number of terminal acetylenes is 1. The molecule has 0 atom stereocenters. The van der Waals surface area contributed by atoms with E-state index in [0.29, 0.717) is 18.3 Å².